The lowest BCUT2D eigenvalue weighted by Crippen LogP contribution is -1.88. The van der Waals surface area contributed by atoms with Crippen LogP contribution in [-0.4, -0.2) is 14.9 Å². The highest BCUT2D eigenvalue weighted by Crippen LogP contribution is 2.20. The van der Waals surface area contributed by atoms with E-state index in [9.17, 15) is 0 Å². The van der Waals surface area contributed by atoms with Gasteiger partial charge in [-0.3, -0.25) is 0 Å². The molecule has 0 bridgehead atoms. The summed E-state index contributed by atoms with van der Waals surface area (Å²) in [5.41, 5.74) is 6.39. The highest BCUT2D eigenvalue weighted by Gasteiger charge is 2.05. The van der Waals surface area contributed by atoms with Crippen molar-refractivity contribution < 1.29 is 5.11 Å². The van der Waals surface area contributed by atoms with Gasteiger partial charge in [-0.1, -0.05) is 0 Å². The van der Waals surface area contributed by atoms with E-state index < -0.39 is 0 Å². The average molecular weight is 127 g/mol. The fraction of sp³-hybridized carbons (Fsp3) is 0.400. The van der Waals surface area contributed by atoms with Crippen molar-refractivity contribution in [3.05, 3.63) is 5.69 Å². The fourth-order valence-corrected chi connectivity index (χ4v) is 0.662. The molecule has 0 unspecified atom stereocenters. The highest BCUT2D eigenvalue weighted by molar-refractivity contribution is 5.51. The average Bonchev–Trinajstić information content (AvgIpc) is 1.98. The molecular weight excluding hydrogens is 118 g/mol. The molecule has 0 aromatic carbocycles. The third-order valence-electron chi connectivity index (χ3n) is 1.24. The molecule has 0 saturated carbocycles. The molecule has 1 heterocycles. The van der Waals surface area contributed by atoms with Gasteiger partial charge in [0.05, 0.1) is 5.69 Å². The molecule has 0 spiro atoms. The summed E-state index contributed by atoms with van der Waals surface area (Å²) in [4.78, 5) is 0. The first-order chi connectivity index (χ1) is 4.13. The number of nitrogen functional groups attached to an aromatic ring is 1. The van der Waals surface area contributed by atoms with E-state index >= 15 is 0 Å². The molecule has 1 rings (SSSR count). The second-order valence-electron chi connectivity index (χ2n) is 1.95. The van der Waals surface area contributed by atoms with Gasteiger partial charge in [0.1, 0.15) is 5.69 Å². The number of hydrogen-bond donors (Lipinski definition) is 2. The van der Waals surface area contributed by atoms with Gasteiger partial charge in [0.2, 0.25) is 5.88 Å². The van der Waals surface area contributed by atoms with Gasteiger partial charge in [0.15, 0.2) is 0 Å². The molecule has 0 saturated heterocycles. The van der Waals surface area contributed by atoms with Crippen molar-refractivity contribution in [1.82, 2.24) is 9.78 Å². The number of rotatable bonds is 0. The first-order valence-corrected chi connectivity index (χ1v) is 2.61. The summed E-state index contributed by atoms with van der Waals surface area (Å²) in [7, 11) is 1.64. The number of aromatic nitrogens is 2. The Labute approximate surface area is 52.9 Å². The van der Waals surface area contributed by atoms with Crippen LogP contribution < -0.4 is 5.73 Å². The number of aromatic hydroxyl groups is 1. The first-order valence-electron chi connectivity index (χ1n) is 2.61. The van der Waals surface area contributed by atoms with E-state index in [0.29, 0.717) is 11.4 Å². The summed E-state index contributed by atoms with van der Waals surface area (Å²) >= 11 is 0. The lowest BCUT2D eigenvalue weighted by atomic mass is 10.4. The quantitative estimate of drug-likeness (QED) is 0.516. The lowest BCUT2D eigenvalue weighted by Gasteiger charge is -1.89. The van der Waals surface area contributed by atoms with Crippen LogP contribution in [0.3, 0.4) is 0 Å². The van der Waals surface area contributed by atoms with E-state index in [4.69, 9.17) is 10.8 Å². The summed E-state index contributed by atoms with van der Waals surface area (Å²) in [6, 6.07) is 0. The van der Waals surface area contributed by atoms with E-state index in [1.807, 2.05) is 0 Å². The Morgan fingerprint density at radius 1 is 1.67 bits per heavy atom. The Bertz CT molecular complexity index is 206. The van der Waals surface area contributed by atoms with E-state index in [-0.39, 0.29) is 5.88 Å². The summed E-state index contributed by atoms with van der Waals surface area (Å²) in [6.07, 6.45) is 0. The van der Waals surface area contributed by atoms with Gasteiger partial charge in [-0.2, -0.15) is 5.10 Å². The molecule has 9 heavy (non-hydrogen) atoms. The van der Waals surface area contributed by atoms with Crippen LogP contribution in [0.25, 0.3) is 0 Å². The van der Waals surface area contributed by atoms with Gasteiger partial charge in [0, 0.05) is 7.05 Å². The number of anilines is 1. The first kappa shape index (κ1) is 5.94. The van der Waals surface area contributed by atoms with Crippen LogP contribution in [0.2, 0.25) is 0 Å². The molecule has 1 aromatic heterocycles. The van der Waals surface area contributed by atoms with Crippen molar-refractivity contribution in [1.29, 1.82) is 0 Å². The van der Waals surface area contributed by atoms with Crippen LogP contribution in [0.5, 0.6) is 5.88 Å². The molecule has 0 aliphatic carbocycles. The van der Waals surface area contributed by atoms with Crippen molar-refractivity contribution >= 4 is 5.69 Å². The minimum absolute atomic E-state index is 0.0347. The fourth-order valence-electron chi connectivity index (χ4n) is 0.662. The molecule has 0 aliphatic rings. The van der Waals surface area contributed by atoms with Gasteiger partial charge in [-0.05, 0) is 6.92 Å². The van der Waals surface area contributed by atoms with Crippen molar-refractivity contribution in [2.24, 2.45) is 7.05 Å². The largest absolute Gasteiger partial charge is 0.492 e. The molecule has 0 fully saturated rings. The Morgan fingerprint density at radius 2 is 2.22 bits per heavy atom. The SMILES string of the molecule is Cc1nn(C)c(O)c1N. The monoisotopic (exact) mass is 127 g/mol. The number of nitrogens with two attached hydrogens (primary N) is 1. The van der Waals surface area contributed by atoms with Crippen LogP contribution >= 0.6 is 0 Å². The van der Waals surface area contributed by atoms with Gasteiger partial charge >= 0.3 is 0 Å². The summed E-state index contributed by atoms with van der Waals surface area (Å²) in [6.45, 7) is 1.75. The van der Waals surface area contributed by atoms with Gasteiger partial charge in [-0.25, -0.2) is 4.68 Å². The Balaban J connectivity index is 3.29. The number of aryl methyl sites for hydroxylation is 2. The van der Waals surface area contributed by atoms with Gasteiger partial charge < -0.3 is 10.8 Å². The predicted octanol–water partition coefficient (Wildman–Crippen LogP) is 0.0163. The topological polar surface area (TPSA) is 64.1 Å². The summed E-state index contributed by atoms with van der Waals surface area (Å²) < 4.78 is 1.34. The molecule has 0 atom stereocenters. The van der Waals surface area contributed by atoms with Crippen LogP contribution in [0.4, 0.5) is 5.69 Å². The minimum Gasteiger partial charge on any atom is -0.492 e. The minimum atomic E-state index is 0.0347. The Morgan fingerprint density at radius 3 is 2.33 bits per heavy atom. The Hall–Kier alpha value is -1.19. The van der Waals surface area contributed by atoms with E-state index in [1.54, 1.807) is 14.0 Å². The van der Waals surface area contributed by atoms with Gasteiger partial charge in [-0.15, -0.1) is 0 Å². The summed E-state index contributed by atoms with van der Waals surface area (Å²) in [5.74, 6) is 0.0347. The molecule has 0 aliphatic heterocycles. The zero-order valence-corrected chi connectivity index (χ0v) is 5.42. The number of nitrogens with zero attached hydrogens (tertiary/aromatic N) is 2. The molecule has 1 aromatic rings. The third-order valence-corrected chi connectivity index (χ3v) is 1.24. The second-order valence-corrected chi connectivity index (χ2v) is 1.95. The Kier molecular flexibility index (Phi) is 1.09. The van der Waals surface area contributed by atoms with Crippen molar-refractivity contribution in [2.75, 3.05) is 5.73 Å². The summed E-state index contributed by atoms with van der Waals surface area (Å²) in [5, 5.41) is 12.9. The van der Waals surface area contributed by atoms with Crippen LogP contribution in [-0.2, 0) is 7.05 Å². The molecule has 50 valence electrons. The zero-order valence-electron chi connectivity index (χ0n) is 5.42. The van der Waals surface area contributed by atoms with Crippen molar-refractivity contribution in [3.63, 3.8) is 0 Å². The lowest BCUT2D eigenvalue weighted by molar-refractivity contribution is 0.421. The third kappa shape index (κ3) is 0.718. The second kappa shape index (κ2) is 1.65. The maximum absolute atomic E-state index is 9.00. The van der Waals surface area contributed by atoms with Crippen LogP contribution in [0, 0.1) is 6.92 Å². The van der Waals surface area contributed by atoms with Gasteiger partial charge in [0.25, 0.3) is 0 Å². The van der Waals surface area contributed by atoms with Crippen LogP contribution in [0.15, 0.2) is 0 Å². The highest BCUT2D eigenvalue weighted by atomic mass is 16.3. The molecule has 4 nitrogen and oxygen atoms in total. The molecule has 3 N–H and O–H groups in total. The van der Waals surface area contributed by atoms with Crippen molar-refractivity contribution in [3.8, 4) is 5.88 Å². The number of hydrogen-bond acceptors (Lipinski definition) is 3. The zero-order chi connectivity index (χ0) is 7.02. The standard InChI is InChI=1S/C5H9N3O/c1-3-4(6)5(9)8(2)7-3/h9H,6H2,1-2H3. The van der Waals surface area contributed by atoms with E-state index in [2.05, 4.69) is 5.10 Å². The maximum Gasteiger partial charge on any atom is 0.233 e. The molecular formula is C5H9N3O. The molecule has 0 amide bonds. The predicted molar refractivity (Wildman–Crippen MR) is 34.0 cm³/mol. The molecule has 4 heteroatoms. The van der Waals surface area contributed by atoms with E-state index in [0.717, 1.165) is 0 Å². The maximum atomic E-state index is 9.00. The van der Waals surface area contributed by atoms with E-state index in [1.165, 1.54) is 4.68 Å². The normalized spacial score (nSPS) is 10.0. The molecule has 0 radical (unpaired) electrons. The smallest absolute Gasteiger partial charge is 0.233 e. The van der Waals surface area contributed by atoms with Crippen LogP contribution in [0.1, 0.15) is 5.69 Å². The van der Waals surface area contributed by atoms with Crippen molar-refractivity contribution in [2.45, 2.75) is 6.92 Å².